The van der Waals surface area contributed by atoms with Crippen molar-refractivity contribution in [1.82, 2.24) is 16.1 Å². The number of phenols is 1. The molecule has 0 heterocycles. The first-order chi connectivity index (χ1) is 21.1. The molecule has 0 aliphatic carbocycles. The molecular formula is C33H47N3O9. The van der Waals surface area contributed by atoms with Crippen LogP contribution >= 0.6 is 0 Å². The predicted octanol–water partition coefficient (Wildman–Crippen LogP) is 2.53. The number of ether oxygens (including phenoxy) is 2. The van der Waals surface area contributed by atoms with Crippen molar-refractivity contribution in [3.8, 4) is 5.75 Å². The van der Waals surface area contributed by atoms with E-state index in [1.165, 1.54) is 24.5 Å². The molecule has 0 fully saturated rings. The van der Waals surface area contributed by atoms with Crippen molar-refractivity contribution in [3.05, 3.63) is 65.7 Å². The molecule has 2 aromatic carbocycles. The summed E-state index contributed by atoms with van der Waals surface area (Å²) in [5.74, 6) is -3.89. The molecule has 12 heteroatoms. The van der Waals surface area contributed by atoms with Gasteiger partial charge in [-0.2, -0.15) is 0 Å². The van der Waals surface area contributed by atoms with Gasteiger partial charge < -0.3 is 30.0 Å². The number of ketones is 2. The van der Waals surface area contributed by atoms with E-state index in [1.54, 1.807) is 31.4 Å². The highest BCUT2D eigenvalue weighted by atomic mass is 16.5. The lowest BCUT2D eigenvalue weighted by Crippen LogP contribution is -2.47. The van der Waals surface area contributed by atoms with Gasteiger partial charge in [-0.1, -0.05) is 49.9 Å². The number of rotatable bonds is 21. The summed E-state index contributed by atoms with van der Waals surface area (Å²) < 4.78 is 10.3. The molecule has 12 nitrogen and oxygen atoms in total. The summed E-state index contributed by atoms with van der Waals surface area (Å²) in [6.45, 7) is 2.53. The third kappa shape index (κ3) is 15.4. The van der Waals surface area contributed by atoms with E-state index < -0.39 is 41.4 Å². The van der Waals surface area contributed by atoms with Gasteiger partial charge in [-0.3, -0.25) is 24.4 Å². The van der Waals surface area contributed by atoms with Crippen molar-refractivity contribution in [3.63, 3.8) is 0 Å². The summed E-state index contributed by atoms with van der Waals surface area (Å²) >= 11 is 0. The topological polar surface area (TPSA) is 180 Å². The molecule has 248 valence electrons. The highest BCUT2D eigenvalue weighted by molar-refractivity contribution is 5.94. The lowest BCUT2D eigenvalue weighted by atomic mass is 9.89. The second-order valence-corrected chi connectivity index (χ2v) is 10.6. The van der Waals surface area contributed by atoms with Crippen LogP contribution in [0.15, 0.2) is 54.6 Å². The van der Waals surface area contributed by atoms with Crippen LogP contribution in [-0.2, 0) is 46.3 Å². The largest absolute Gasteiger partial charge is 0.508 e. The zero-order valence-corrected chi connectivity index (χ0v) is 25.3. The molecule has 0 aliphatic heterocycles. The average Bonchev–Trinajstić information content (AvgIpc) is 3.01. The number of amides is 3. The lowest BCUT2D eigenvalue weighted by Gasteiger charge is -2.24. The third-order valence-corrected chi connectivity index (χ3v) is 6.95. The van der Waals surface area contributed by atoms with Gasteiger partial charge in [-0.25, -0.2) is 5.48 Å². The van der Waals surface area contributed by atoms with Gasteiger partial charge in [0.25, 0.3) is 0 Å². The maximum Gasteiger partial charge on any atom is 0.243 e. The molecule has 0 bridgehead atoms. The molecule has 2 rings (SSSR count). The molecule has 0 aromatic heterocycles. The van der Waals surface area contributed by atoms with Crippen LogP contribution in [0.25, 0.3) is 0 Å². The number of methoxy groups -OCH3 is 1. The highest BCUT2D eigenvalue weighted by Crippen LogP contribution is 2.19. The molecule has 45 heavy (non-hydrogen) atoms. The van der Waals surface area contributed by atoms with Crippen molar-refractivity contribution in [1.29, 1.82) is 0 Å². The molecule has 0 radical (unpaired) electrons. The second-order valence-electron chi connectivity index (χ2n) is 10.6. The molecule has 0 saturated heterocycles. The number of nitrogens with one attached hydrogen (secondary N) is 3. The van der Waals surface area contributed by atoms with Crippen LogP contribution in [0.3, 0.4) is 0 Å². The van der Waals surface area contributed by atoms with Gasteiger partial charge in [0.15, 0.2) is 5.78 Å². The summed E-state index contributed by atoms with van der Waals surface area (Å²) in [5, 5.41) is 24.1. The van der Waals surface area contributed by atoms with Crippen LogP contribution in [0, 0.1) is 11.8 Å². The Morgan fingerprint density at radius 2 is 1.49 bits per heavy atom. The number of Topliss-reactive ketones (excluding diaryl/α,β-unsaturated/α-hetero) is 2. The maximum atomic E-state index is 13.7. The van der Waals surface area contributed by atoms with Gasteiger partial charge in [-0.15, -0.1) is 0 Å². The summed E-state index contributed by atoms with van der Waals surface area (Å²) in [4.78, 5) is 64.1. The quantitative estimate of drug-likeness (QED) is 0.0788. The van der Waals surface area contributed by atoms with E-state index in [1.807, 2.05) is 18.2 Å². The monoisotopic (exact) mass is 629 g/mol. The number of hydrogen-bond acceptors (Lipinski definition) is 9. The molecule has 1 unspecified atom stereocenters. The minimum atomic E-state index is -1.02. The number of hydroxylamine groups is 1. The van der Waals surface area contributed by atoms with Gasteiger partial charge in [0.1, 0.15) is 11.5 Å². The second kappa shape index (κ2) is 21.6. The summed E-state index contributed by atoms with van der Waals surface area (Å²) in [5.41, 5.74) is 3.05. The maximum absolute atomic E-state index is 13.7. The van der Waals surface area contributed by atoms with Gasteiger partial charge in [0.2, 0.25) is 17.7 Å². The molecule has 3 atom stereocenters. The highest BCUT2D eigenvalue weighted by Gasteiger charge is 2.30. The Morgan fingerprint density at radius 1 is 0.822 bits per heavy atom. The Kier molecular flexibility index (Phi) is 18.6. The fourth-order valence-corrected chi connectivity index (χ4v) is 4.61. The van der Waals surface area contributed by atoms with Gasteiger partial charge >= 0.3 is 0 Å². The lowest BCUT2D eigenvalue weighted by molar-refractivity contribution is -0.134. The Labute approximate surface area is 264 Å². The third-order valence-electron chi connectivity index (χ3n) is 6.95. The van der Waals surface area contributed by atoms with E-state index in [-0.39, 0.29) is 70.6 Å². The molecule has 5 N–H and O–H groups in total. The summed E-state index contributed by atoms with van der Waals surface area (Å²) in [6.07, 6.45) is -0.180. The molecule has 0 spiro atoms. The number of carbonyl (C=O) groups excluding carboxylic acids is 5. The van der Waals surface area contributed by atoms with Crippen LogP contribution in [0.2, 0.25) is 0 Å². The van der Waals surface area contributed by atoms with Gasteiger partial charge in [0.05, 0.1) is 25.9 Å². The minimum absolute atomic E-state index is 0. The zero-order valence-electron chi connectivity index (χ0n) is 25.3. The van der Waals surface area contributed by atoms with Crippen molar-refractivity contribution >= 4 is 29.3 Å². The number of carbonyl (C=O) groups is 5. The minimum Gasteiger partial charge on any atom is -0.508 e. The SMILES string of the molecule is C.COCCOCCNC(=O)C(CCC(=O)NO)CC(=O)[C@H](Cc1ccccc1)NC(=O)[C@@H](CC(C)=O)Cc1ccc(O)cc1. The first kappa shape index (κ1) is 38.9. The van der Waals surface area contributed by atoms with Crippen molar-refractivity contribution in [2.24, 2.45) is 11.8 Å². The van der Waals surface area contributed by atoms with Crippen LogP contribution in [0.5, 0.6) is 5.75 Å². The van der Waals surface area contributed by atoms with Crippen LogP contribution in [-0.4, -0.2) is 79.1 Å². The van der Waals surface area contributed by atoms with E-state index in [2.05, 4.69) is 10.6 Å². The van der Waals surface area contributed by atoms with E-state index >= 15 is 0 Å². The van der Waals surface area contributed by atoms with Crippen molar-refractivity contribution < 1.29 is 43.8 Å². The van der Waals surface area contributed by atoms with E-state index in [0.29, 0.717) is 13.2 Å². The summed E-state index contributed by atoms with van der Waals surface area (Å²) in [7, 11) is 1.54. The average molecular weight is 630 g/mol. The van der Waals surface area contributed by atoms with Crippen molar-refractivity contribution in [2.75, 3.05) is 33.5 Å². The number of phenolic OH excluding ortho intramolecular Hbond substituents is 1. The smallest absolute Gasteiger partial charge is 0.243 e. The van der Waals surface area contributed by atoms with Gasteiger partial charge in [0, 0.05) is 44.8 Å². The number of hydrogen-bond donors (Lipinski definition) is 5. The Hall–Kier alpha value is -4.13. The van der Waals surface area contributed by atoms with Crippen LogP contribution in [0.4, 0.5) is 0 Å². The van der Waals surface area contributed by atoms with E-state index in [9.17, 15) is 29.1 Å². The molecule has 2 aromatic rings. The fourth-order valence-electron chi connectivity index (χ4n) is 4.61. The molecule has 0 saturated carbocycles. The van der Waals surface area contributed by atoms with Crippen LogP contribution < -0.4 is 16.1 Å². The summed E-state index contributed by atoms with van der Waals surface area (Å²) in [6, 6.07) is 14.4. The van der Waals surface area contributed by atoms with E-state index in [4.69, 9.17) is 14.7 Å². The zero-order chi connectivity index (χ0) is 32.3. The first-order valence-corrected chi connectivity index (χ1v) is 14.5. The van der Waals surface area contributed by atoms with Crippen molar-refractivity contribution in [2.45, 2.75) is 58.9 Å². The van der Waals surface area contributed by atoms with Gasteiger partial charge in [-0.05, 0) is 49.4 Å². The van der Waals surface area contributed by atoms with Crippen LogP contribution in [0.1, 0.15) is 51.2 Å². The standard InChI is InChI=1S/C32H43N3O9.CH4/c1-22(36)18-26(19-24-8-11-27(37)12-9-24)32(41)34-28(20-23-6-4-3-5-7-23)29(38)21-25(10-13-30(39)35-42)31(40)33-14-15-44-17-16-43-2;/h3-9,11-12,25-26,28,37,42H,10,13-21H2,1-2H3,(H,33,40)(H,34,41)(H,35,39);1H4/t25?,26-,28-;/m0./s1. The number of aromatic hydroxyl groups is 1. The van der Waals surface area contributed by atoms with E-state index in [0.717, 1.165) is 11.1 Å². The first-order valence-electron chi connectivity index (χ1n) is 14.5. The number of benzene rings is 2. The normalized spacial score (nSPS) is 12.6. The molecular weight excluding hydrogens is 582 g/mol. The predicted molar refractivity (Wildman–Crippen MR) is 167 cm³/mol. The molecule has 0 aliphatic rings. The Morgan fingerprint density at radius 3 is 2.11 bits per heavy atom. The fraction of sp³-hybridized carbons (Fsp3) is 0.485. The Balaban J connectivity index is 0.0000101. The Bertz CT molecular complexity index is 1210. The molecule has 3 amide bonds.